The Labute approximate surface area is 197 Å². The predicted molar refractivity (Wildman–Crippen MR) is 128 cm³/mol. The van der Waals surface area contributed by atoms with Crippen molar-refractivity contribution < 1.29 is 17.9 Å². The van der Waals surface area contributed by atoms with Crippen molar-refractivity contribution in [3.8, 4) is 11.1 Å². The number of sulfonamides is 1. The summed E-state index contributed by atoms with van der Waals surface area (Å²) in [5, 5.41) is 13.0. The van der Waals surface area contributed by atoms with E-state index >= 15 is 0 Å². The van der Waals surface area contributed by atoms with Crippen LogP contribution in [0, 0.1) is 5.21 Å². The van der Waals surface area contributed by atoms with Gasteiger partial charge in [0.2, 0.25) is 10.0 Å². The number of pyridine rings is 1. The second-order valence-corrected chi connectivity index (χ2v) is 9.87. The fourth-order valence-corrected chi connectivity index (χ4v) is 4.86. The third-order valence-electron chi connectivity index (χ3n) is 5.46. The first-order chi connectivity index (χ1) is 15.8. The third kappa shape index (κ3) is 5.60. The Hall–Kier alpha value is -3.20. The Balaban J connectivity index is 1.36. The average Bonchev–Trinajstić information content (AvgIpc) is 2.84. The summed E-state index contributed by atoms with van der Waals surface area (Å²) in [7, 11) is -3.59. The SMILES string of the molecule is O=C(c1ccc(-c2cc[n+]([O-])cc2)cc1)N1CCN(S(=O)(=O)C=Cc2ccc(Cl)cc2)CC1. The molecule has 3 aromatic rings. The van der Waals surface area contributed by atoms with E-state index in [0.717, 1.165) is 16.7 Å². The van der Waals surface area contributed by atoms with E-state index in [1.54, 1.807) is 53.4 Å². The number of carbonyl (C=O) groups excluding carboxylic acids is 1. The Kier molecular flexibility index (Phi) is 6.78. The number of nitrogens with zero attached hydrogens (tertiary/aromatic N) is 3. The van der Waals surface area contributed by atoms with Gasteiger partial charge in [0.15, 0.2) is 12.4 Å². The van der Waals surface area contributed by atoms with Crippen molar-refractivity contribution in [2.75, 3.05) is 26.2 Å². The van der Waals surface area contributed by atoms with Crippen LogP contribution in [0.1, 0.15) is 15.9 Å². The number of aromatic nitrogens is 1. The molecule has 1 aliphatic rings. The molecule has 0 bridgehead atoms. The summed E-state index contributed by atoms with van der Waals surface area (Å²) in [6.07, 6.45) is 4.38. The number of benzene rings is 2. The summed E-state index contributed by atoms with van der Waals surface area (Å²) in [5.41, 5.74) is 3.05. The van der Waals surface area contributed by atoms with Gasteiger partial charge in [-0.3, -0.25) is 4.79 Å². The lowest BCUT2D eigenvalue weighted by molar-refractivity contribution is -0.605. The first-order valence-electron chi connectivity index (χ1n) is 10.3. The van der Waals surface area contributed by atoms with Crippen molar-refractivity contribution in [1.82, 2.24) is 9.21 Å². The molecule has 1 aliphatic heterocycles. The van der Waals surface area contributed by atoms with Crippen LogP contribution in [0.4, 0.5) is 0 Å². The first-order valence-corrected chi connectivity index (χ1v) is 12.2. The van der Waals surface area contributed by atoms with Gasteiger partial charge in [-0.15, -0.1) is 0 Å². The van der Waals surface area contributed by atoms with Crippen LogP contribution in [0.2, 0.25) is 5.02 Å². The van der Waals surface area contributed by atoms with Crippen LogP contribution in [0.5, 0.6) is 0 Å². The van der Waals surface area contributed by atoms with Crippen molar-refractivity contribution in [2.24, 2.45) is 0 Å². The molecule has 0 spiro atoms. The van der Waals surface area contributed by atoms with Gasteiger partial charge in [0.25, 0.3) is 5.91 Å². The molecule has 0 unspecified atom stereocenters. The molecule has 7 nitrogen and oxygen atoms in total. The molecule has 0 atom stereocenters. The van der Waals surface area contributed by atoms with E-state index in [0.29, 0.717) is 28.4 Å². The van der Waals surface area contributed by atoms with E-state index in [1.165, 1.54) is 28.2 Å². The lowest BCUT2D eigenvalue weighted by Gasteiger charge is -2.33. The molecular weight excluding hydrogens is 462 g/mol. The molecule has 0 aliphatic carbocycles. The predicted octanol–water partition coefficient (Wildman–Crippen LogP) is 3.40. The highest BCUT2D eigenvalue weighted by atomic mass is 35.5. The second-order valence-electron chi connectivity index (χ2n) is 7.61. The van der Waals surface area contributed by atoms with E-state index in [-0.39, 0.29) is 19.0 Å². The summed E-state index contributed by atoms with van der Waals surface area (Å²) in [4.78, 5) is 14.5. The number of piperazine rings is 1. The van der Waals surface area contributed by atoms with Crippen molar-refractivity contribution in [1.29, 1.82) is 0 Å². The van der Waals surface area contributed by atoms with Crippen LogP contribution >= 0.6 is 11.6 Å². The maximum atomic E-state index is 12.9. The normalized spacial score (nSPS) is 15.1. The smallest absolute Gasteiger partial charge is 0.253 e. The summed E-state index contributed by atoms with van der Waals surface area (Å²) in [5.74, 6) is -0.138. The molecule has 1 fully saturated rings. The number of carbonyl (C=O) groups is 1. The highest BCUT2D eigenvalue weighted by Gasteiger charge is 2.27. The Morgan fingerprint density at radius 1 is 0.879 bits per heavy atom. The molecule has 170 valence electrons. The monoisotopic (exact) mass is 483 g/mol. The van der Waals surface area contributed by atoms with Crippen LogP contribution in [-0.2, 0) is 10.0 Å². The minimum Gasteiger partial charge on any atom is -0.619 e. The minimum absolute atomic E-state index is 0.138. The number of halogens is 1. The van der Waals surface area contributed by atoms with Crippen LogP contribution in [0.3, 0.4) is 0 Å². The summed E-state index contributed by atoms with van der Waals surface area (Å²) < 4.78 is 27.4. The maximum Gasteiger partial charge on any atom is 0.253 e. The standard InChI is InChI=1S/C24H22ClN3O4S/c25-23-7-1-19(2-8-23)11-18-33(31,32)28-16-14-26(15-17-28)24(29)22-5-3-20(4-6-22)21-9-12-27(30)13-10-21/h1-13,18H,14-17H2. The van der Waals surface area contributed by atoms with Gasteiger partial charge >= 0.3 is 0 Å². The molecule has 0 radical (unpaired) electrons. The van der Waals surface area contributed by atoms with Crippen molar-refractivity contribution in [3.05, 3.63) is 99.8 Å². The molecule has 1 aromatic heterocycles. The quantitative estimate of drug-likeness (QED) is 0.411. The largest absolute Gasteiger partial charge is 0.619 e. The van der Waals surface area contributed by atoms with E-state index in [1.807, 2.05) is 12.1 Å². The topological polar surface area (TPSA) is 84.6 Å². The molecule has 33 heavy (non-hydrogen) atoms. The van der Waals surface area contributed by atoms with Crippen LogP contribution in [0.25, 0.3) is 17.2 Å². The van der Waals surface area contributed by atoms with Gasteiger partial charge in [0.05, 0.1) is 0 Å². The Bertz CT molecular complexity index is 1250. The van der Waals surface area contributed by atoms with Crippen LogP contribution < -0.4 is 4.73 Å². The number of hydrogen-bond donors (Lipinski definition) is 0. The lowest BCUT2D eigenvalue weighted by Crippen LogP contribution is -2.50. The van der Waals surface area contributed by atoms with E-state index in [4.69, 9.17) is 11.6 Å². The van der Waals surface area contributed by atoms with Gasteiger partial charge in [-0.05, 0) is 47.0 Å². The molecule has 2 heterocycles. The zero-order valence-corrected chi connectivity index (χ0v) is 19.2. The molecular formula is C24H22ClN3O4S. The van der Waals surface area contributed by atoms with Gasteiger partial charge in [-0.2, -0.15) is 9.04 Å². The van der Waals surface area contributed by atoms with Crippen LogP contribution in [-0.4, -0.2) is 49.7 Å². The molecule has 1 saturated heterocycles. The van der Waals surface area contributed by atoms with Gasteiger partial charge in [0.1, 0.15) is 0 Å². The Morgan fingerprint density at radius 2 is 1.45 bits per heavy atom. The molecule has 2 aromatic carbocycles. The van der Waals surface area contributed by atoms with Crippen molar-refractivity contribution in [2.45, 2.75) is 0 Å². The summed E-state index contributed by atoms with van der Waals surface area (Å²) in [6, 6.07) is 17.5. The van der Waals surface area contributed by atoms with Gasteiger partial charge < -0.3 is 10.1 Å². The summed E-state index contributed by atoms with van der Waals surface area (Å²) >= 11 is 5.85. The highest BCUT2D eigenvalue weighted by molar-refractivity contribution is 7.92. The zero-order chi connectivity index (χ0) is 23.4. The van der Waals surface area contributed by atoms with Gasteiger partial charge in [-0.25, -0.2) is 8.42 Å². The third-order valence-corrected chi connectivity index (χ3v) is 7.27. The Morgan fingerprint density at radius 3 is 2.06 bits per heavy atom. The minimum atomic E-state index is -3.59. The maximum absolute atomic E-state index is 12.9. The first kappa shape index (κ1) is 23.0. The fourth-order valence-electron chi connectivity index (χ4n) is 3.56. The zero-order valence-electron chi connectivity index (χ0n) is 17.7. The van der Waals surface area contributed by atoms with E-state index in [9.17, 15) is 18.4 Å². The van der Waals surface area contributed by atoms with Gasteiger partial charge in [-0.1, -0.05) is 35.9 Å². The molecule has 4 rings (SSSR count). The molecule has 1 amide bonds. The number of hydrogen-bond acceptors (Lipinski definition) is 4. The van der Waals surface area contributed by atoms with E-state index < -0.39 is 10.0 Å². The average molecular weight is 484 g/mol. The molecule has 0 N–H and O–H groups in total. The molecule has 0 saturated carbocycles. The summed E-state index contributed by atoms with van der Waals surface area (Å²) in [6.45, 7) is 1.10. The second kappa shape index (κ2) is 9.74. The number of amides is 1. The number of rotatable bonds is 5. The van der Waals surface area contributed by atoms with Crippen LogP contribution in [0.15, 0.2) is 78.5 Å². The lowest BCUT2D eigenvalue weighted by atomic mass is 10.0. The van der Waals surface area contributed by atoms with E-state index in [2.05, 4.69) is 0 Å². The van der Waals surface area contributed by atoms with Crippen molar-refractivity contribution in [3.63, 3.8) is 0 Å². The highest BCUT2D eigenvalue weighted by Crippen LogP contribution is 2.20. The van der Waals surface area contributed by atoms with Gasteiger partial charge in [0, 0.05) is 54.3 Å². The van der Waals surface area contributed by atoms with Crippen molar-refractivity contribution >= 4 is 33.6 Å². The fraction of sp³-hybridized carbons (Fsp3) is 0.167. The molecule has 9 heteroatoms.